The lowest BCUT2D eigenvalue weighted by atomic mass is 9.90. The summed E-state index contributed by atoms with van der Waals surface area (Å²) in [5.41, 5.74) is 4.41. The lowest BCUT2D eigenvalue weighted by Gasteiger charge is -2.15. The van der Waals surface area contributed by atoms with Crippen LogP contribution >= 0.6 is 0 Å². The monoisotopic (exact) mass is 206 g/mol. The molecule has 0 aliphatic carbocycles. The van der Waals surface area contributed by atoms with Crippen LogP contribution in [0.15, 0.2) is 12.1 Å². The average Bonchev–Trinajstić information content (AvgIpc) is 2.14. The highest BCUT2D eigenvalue weighted by molar-refractivity contribution is 5.76. The van der Waals surface area contributed by atoms with Gasteiger partial charge in [0.2, 0.25) is 0 Å². The van der Waals surface area contributed by atoms with Gasteiger partial charge in [-0.15, -0.1) is 0 Å². The third kappa shape index (κ3) is 2.38. The molecule has 1 rings (SSSR count). The minimum absolute atomic E-state index is 0.371. The Morgan fingerprint density at radius 1 is 1.20 bits per heavy atom. The highest BCUT2D eigenvalue weighted by Crippen LogP contribution is 2.26. The first kappa shape index (κ1) is 11.8. The Labute approximate surface area is 90.9 Å². The van der Waals surface area contributed by atoms with Gasteiger partial charge in [0.25, 0.3) is 0 Å². The van der Waals surface area contributed by atoms with Gasteiger partial charge in [0.15, 0.2) is 0 Å². The van der Waals surface area contributed by atoms with E-state index in [1.165, 1.54) is 5.56 Å². The summed E-state index contributed by atoms with van der Waals surface area (Å²) >= 11 is 0. The second-order valence-electron chi connectivity index (χ2n) is 4.09. The van der Waals surface area contributed by atoms with Crippen LogP contribution in [0.5, 0.6) is 0 Å². The summed E-state index contributed by atoms with van der Waals surface area (Å²) in [5, 5.41) is 9.11. The van der Waals surface area contributed by atoms with Crippen LogP contribution in [0.4, 0.5) is 0 Å². The molecule has 0 aliphatic heterocycles. The molecule has 0 spiro atoms. The van der Waals surface area contributed by atoms with Crippen molar-refractivity contribution in [2.75, 3.05) is 0 Å². The maximum atomic E-state index is 11.1. The first-order valence-corrected chi connectivity index (χ1v) is 5.28. The predicted molar refractivity (Wildman–Crippen MR) is 61.3 cm³/mol. The summed E-state index contributed by atoms with van der Waals surface area (Å²) in [4.78, 5) is 11.1. The van der Waals surface area contributed by atoms with Gasteiger partial charge in [-0.1, -0.05) is 19.1 Å². The third-order valence-corrected chi connectivity index (χ3v) is 2.96. The van der Waals surface area contributed by atoms with Crippen molar-refractivity contribution in [3.63, 3.8) is 0 Å². The number of rotatable bonds is 3. The molecule has 0 saturated carbocycles. The topological polar surface area (TPSA) is 37.3 Å². The van der Waals surface area contributed by atoms with Crippen LogP contribution in [0.3, 0.4) is 0 Å². The molecule has 0 aromatic heterocycles. The van der Waals surface area contributed by atoms with Crippen molar-refractivity contribution in [3.8, 4) is 0 Å². The molecule has 0 aliphatic rings. The van der Waals surface area contributed by atoms with Crippen LogP contribution in [-0.4, -0.2) is 11.1 Å². The van der Waals surface area contributed by atoms with Crippen LogP contribution in [0.2, 0.25) is 0 Å². The van der Waals surface area contributed by atoms with E-state index in [9.17, 15) is 4.79 Å². The van der Waals surface area contributed by atoms with Crippen molar-refractivity contribution in [1.82, 2.24) is 0 Å². The van der Waals surface area contributed by atoms with Gasteiger partial charge in [0.1, 0.15) is 0 Å². The molecule has 1 aromatic rings. The average molecular weight is 206 g/mol. The summed E-state index contributed by atoms with van der Waals surface area (Å²) in [6.07, 6.45) is 0.638. The number of aryl methyl sites for hydroxylation is 3. The van der Waals surface area contributed by atoms with Crippen molar-refractivity contribution in [3.05, 3.63) is 34.4 Å². The van der Waals surface area contributed by atoms with E-state index in [0.29, 0.717) is 6.42 Å². The van der Waals surface area contributed by atoms with Gasteiger partial charge in [-0.3, -0.25) is 4.79 Å². The Balaban J connectivity index is 3.24. The molecule has 0 heterocycles. The zero-order chi connectivity index (χ0) is 11.6. The van der Waals surface area contributed by atoms with Crippen LogP contribution in [-0.2, 0) is 4.79 Å². The standard InChI is InChI=1S/C13H18O2/c1-5-11(13(14)15)12-7-9(3)8(2)6-10(12)4/h6-7,11H,5H2,1-4H3,(H,14,15). The van der Waals surface area contributed by atoms with Crippen molar-refractivity contribution in [2.24, 2.45) is 0 Å². The van der Waals surface area contributed by atoms with Gasteiger partial charge >= 0.3 is 5.97 Å². The molecule has 0 radical (unpaired) electrons. The summed E-state index contributed by atoms with van der Waals surface area (Å²) in [6, 6.07) is 4.07. The number of carbonyl (C=O) groups is 1. The van der Waals surface area contributed by atoms with E-state index in [0.717, 1.165) is 16.7 Å². The molecular weight excluding hydrogens is 188 g/mol. The van der Waals surface area contributed by atoms with Crippen molar-refractivity contribution in [1.29, 1.82) is 0 Å². The molecule has 15 heavy (non-hydrogen) atoms. The molecule has 1 atom stereocenters. The Morgan fingerprint density at radius 3 is 2.20 bits per heavy atom. The predicted octanol–water partition coefficient (Wildman–Crippen LogP) is 3.19. The molecule has 82 valence electrons. The number of hydrogen-bond acceptors (Lipinski definition) is 1. The third-order valence-electron chi connectivity index (χ3n) is 2.96. The molecule has 1 N–H and O–H groups in total. The minimum Gasteiger partial charge on any atom is -0.481 e. The molecule has 2 nitrogen and oxygen atoms in total. The fourth-order valence-electron chi connectivity index (χ4n) is 1.89. The highest BCUT2D eigenvalue weighted by atomic mass is 16.4. The summed E-state index contributed by atoms with van der Waals surface area (Å²) in [7, 11) is 0. The van der Waals surface area contributed by atoms with Crippen molar-refractivity contribution < 1.29 is 9.90 Å². The molecule has 0 saturated heterocycles. The zero-order valence-electron chi connectivity index (χ0n) is 9.79. The molecule has 0 bridgehead atoms. The number of aliphatic carboxylic acids is 1. The van der Waals surface area contributed by atoms with Crippen LogP contribution in [0, 0.1) is 20.8 Å². The number of carboxylic acid groups (broad SMARTS) is 1. The largest absolute Gasteiger partial charge is 0.481 e. The van der Waals surface area contributed by atoms with Crippen molar-refractivity contribution in [2.45, 2.75) is 40.0 Å². The Kier molecular flexibility index (Phi) is 3.51. The number of hydrogen-bond donors (Lipinski definition) is 1. The first-order chi connectivity index (χ1) is 6.97. The van der Waals surface area contributed by atoms with Gasteiger partial charge in [0.05, 0.1) is 5.92 Å². The van der Waals surface area contributed by atoms with E-state index >= 15 is 0 Å². The Hall–Kier alpha value is -1.31. The van der Waals surface area contributed by atoms with Gasteiger partial charge in [-0.05, 0) is 49.4 Å². The molecule has 1 unspecified atom stereocenters. The van der Waals surface area contributed by atoms with Crippen LogP contribution < -0.4 is 0 Å². The van der Waals surface area contributed by atoms with Gasteiger partial charge in [-0.2, -0.15) is 0 Å². The lowest BCUT2D eigenvalue weighted by Crippen LogP contribution is -2.12. The Morgan fingerprint density at radius 2 is 1.73 bits per heavy atom. The molecular formula is C13H18O2. The second-order valence-corrected chi connectivity index (χ2v) is 4.09. The van der Waals surface area contributed by atoms with Gasteiger partial charge < -0.3 is 5.11 Å². The summed E-state index contributed by atoms with van der Waals surface area (Å²) in [6.45, 7) is 7.96. The molecule has 0 amide bonds. The van der Waals surface area contributed by atoms with Gasteiger partial charge in [0, 0.05) is 0 Å². The second kappa shape index (κ2) is 4.47. The van der Waals surface area contributed by atoms with Crippen LogP contribution in [0.25, 0.3) is 0 Å². The highest BCUT2D eigenvalue weighted by Gasteiger charge is 2.19. The van der Waals surface area contributed by atoms with E-state index in [-0.39, 0.29) is 5.92 Å². The van der Waals surface area contributed by atoms with E-state index < -0.39 is 5.97 Å². The van der Waals surface area contributed by atoms with Crippen molar-refractivity contribution >= 4 is 5.97 Å². The molecule has 2 heteroatoms. The smallest absolute Gasteiger partial charge is 0.310 e. The molecule has 1 aromatic carbocycles. The van der Waals surface area contributed by atoms with E-state index in [1.807, 2.05) is 33.8 Å². The zero-order valence-corrected chi connectivity index (χ0v) is 9.79. The summed E-state index contributed by atoms with van der Waals surface area (Å²) < 4.78 is 0. The molecule has 0 fully saturated rings. The van der Waals surface area contributed by atoms with Gasteiger partial charge in [-0.25, -0.2) is 0 Å². The van der Waals surface area contributed by atoms with Crippen LogP contribution in [0.1, 0.15) is 41.5 Å². The maximum Gasteiger partial charge on any atom is 0.310 e. The lowest BCUT2D eigenvalue weighted by molar-refractivity contribution is -0.138. The normalized spacial score (nSPS) is 12.5. The fraction of sp³-hybridized carbons (Fsp3) is 0.462. The minimum atomic E-state index is -0.733. The number of benzene rings is 1. The Bertz CT molecular complexity index is 380. The SMILES string of the molecule is CCC(C(=O)O)c1cc(C)c(C)cc1C. The summed E-state index contributed by atoms with van der Waals surface area (Å²) in [5.74, 6) is -1.10. The van der Waals surface area contributed by atoms with E-state index in [1.54, 1.807) is 0 Å². The van der Waals surface area contributed by atoms with E-state index in [4.69, 9.17) is 5.11 Å². The first-order valence-electron chi connectivity index (χ1n) is 5.28. The van der Waals surface area contributed by atoms with E-state index in [2.05, 4.69) is 6.07 Å². The fourth-order valence-corrected chi connectivity index (χ4v) is 1.89. The number of carboxylic acids is 1. The maximum absolute atomic E-state index is 11.1. The quantitative estimate of drug-likeness (QED) is 0.824.